The second-order valence-electron chi connectivity index (χ2n) is 8.29. The number of aryl methyl sites for hydroxylation is 2. The number of anilines is 1. The van der Waals surface area contributed by atoms with E-state index in [2.05, 4.69) is 0 Å². The number of phenols is 1. The van der Waals surface area contributed by atoms with Gasteiger partial charge in [0.2, 0.25) is 0 Å². The van der Waals surface area contributed by atoms with Crippen LogP contribution in [0.4, 0.5) is 5.69 Å². The Morgan fingerprint density at radius 2 is 1.51 bits per heavy atom. The Kier molecular flexibility index (Phi) is 6.45. The van der Waals surface area contributed by atoms with Gasteiger partial charge < -0.3 is 19.7 Å². The third-order valence-corrected chi connectivity index (χ3v) is 6.16. The van der Waals surface area contributed by atoms with Gasteiger partial charge in [0.15, 0.2) is 0 Å². The lowest BCUT2D eigenvalue weighted by atomic mass is 9.94. The molecule has 1 amide bonds. The summed E-state index contributed by atoms with van der Waals surface area (Å²) in [5.41, 5.74) is 2.90. The summed E-state index contributed by atoms with van der Waals surface area (Å²) < 4.78 is 10.7. The smallest absolute Gasteiger partial charge is 0.300 e. The number of methoxy groups -OCH3 is 2. The third kappa shape index (κ3) is 4.31. The van der Waals surface area contributed by atoms with Crippen molar-refractivity contribution in [3.63, 3.8) is 0 Å². The SMILES string of the molecule is COc1cc(/C(O)=C2\C(=O)C(=O)N(c3cc(C)cc(C)c3)C2c2ccc(O)cc2)c(OC)cc1Cl. The molecule has 0 spiro atoms. The minimum absolute atomic E-state index is 0.0289. The molecule has 180 valence electrons. The number of nitrogens with zero attached hydrogens (tertiary/aromatic N) is 1. The van der Waals surface area contributed by atoms with Gasteiger partial charge in [-0.3, -0.25) is 14.5 Å². The molecule has 3 aromatic carbocycles. The Bertz CT molecular complexity index is 1340. The van der Waals surface area contributed by atoms with Crippen molar-refractivity contribution >= 4 is 34.7 Å². The number of phenolic OH excluding ortho intramolecular Hbond substituents is 1. The van der Waals surface area contributed by atoms with Crippen LogP contribution in [0.15, 0.2) is 60.2 Å². The highest BCUT2D eigenvalue weighted by molar-refractivity contribution is 6.51. The highest BCUT2D eigenvalue weighted by atomic mass is 35.5. The van der Waals surface area contributed by atoms with Crippen LogP contribution in [0.25, 0.3) is 5.76 Å². The fraction of sp³-hybridized carbons (Fsp3) is 0.185. The van der Waals surface area contributed by atoms with Crippen LogP contribution in [0.3, 0.4) is 0 Å². The topological polar surface area (TPSA) is 96.3 Å². The quantitative estimate of drug-likeness (QED) is 0.284. The van der Waals surface area contributed by atoms with Gasteiger partial charge in [0.1, 0.15) is 23.0 Å². The van der Waals surface area contributed by atoms with Gasteiger partial charge in [-0.25, -0.2) is 0 Å². The number of carbonyl (C=O) groups excluding carboxylic acids is 2. The number of ether oxygens (including phenoxy) is 2. The third-order valence-electron chi connectivity index (χ3n) is 5.87. The van der Waals surface area contributed by atoms with Gasteiger partial charge in [0.25, 0.3) is 11.7 Å². The number of aliphatic hydroxyl groups is 1. The van der Waals surface area contributed by atoms with Crippen molar-refractivity contribution in [1.29, 1.82) is 0 Å². The molecule has 7 nitrogen and oxygen atoms in total. The number of ketones is 1. The van der Waals surface area contributed by atoms with Gasteiger partial charge >= 0.3 is 0 Å². The van der Waals surface area contributed by atoms with Gasteiger partial charge in [-0.1, -0.05) is 29.8 Å². The molecule has 3 aromatic rings. The van der Waals surface area contributed by atoms with Crippen LogP contribution in [-0.2, 0) is 9.59 Å². The zero-order valence-electron chi connectivity index (χ0n) is 19.6. The molecule has 1 saturated heterocycles. The number of aliphatic hydroxyl groups excluding tert-OH is 1. The first-order valence-corrected chi connectivity index (χ1v) is 11.1. The average Bonchev–Trinajstić information content (AvgIpc) is 3.08. The number of carbonyl (C=O) groups is 2. The predicted octanol–water partition coefficient (Wildman–Crippen LogP) is 5.31. The number of hydrogen-bond acceptors (Lipinski definition) is 6. The van der Waals surface area contributed by atoms with E-state index in [-0.39, 0.29) is 33.4 Å². The second-order valence-corrected chi connectivity index (χ2v) is 8.70. The summed E-state index contributed by atoms with van der Waals surface area (Å²) in [6, 6.07) is 13.7. The van der Waals surface area contributed by atoms with Gasteiger partial charge in [0, 0.05) is 11.8 Å². The Balaban J connectivity index is 2.01. The summed E-state index contributed by atoms with van der Waals surface area (Å²) in [7, 11) is 2.83. The van der Waals surface area contributed by atoms with E-state index in [1.807, 2.05) is 19.9 Å². The average molecular weight is 494 g/mol. The normalized spacial score (nSPS) is 17.1. The van der Waals surface area contributed by atoms with E-state index < -0.39 is 23.5 Å². The van der Waals surface area contributed by atoms with Gasteiger partial charge in [0.05, 0.1) is 36.4 Å². The molecule has 1 heterocycles. The van der Waals surface area contributed by atoms with E-state index in [1.54, 1.807) is 24.3 Å². The minimum atomic E-state index is -0.955. The molecule has 0 saturated carbocycles. The van der Waals surface area contributed by atoms with Crippen LogP contribution < -0.4 is 14.4 Å². The highest BCUT2D eigenvalue weighted by Gasteiger charge is 2.47. The maximum absolute atomic E-state index is 13.4. The summed E-state index contributed by atoms with van der Waals surface area (Å²) in [4.78, 5) is 28.1. The van der Waals surface area contributed by atoms with Crippen LogP contribution in [0.1, 0.15) is 28.3 Å². The van der Waals surface area contributed by atoms with E-state index in [9.17, 15) is 19.8 Å². The number of hydrogen-bond donors (Lipinski definition) is 2. The van der Waals surface area contributed by atoms with Crippen LogP contribution in [0.2, 0.25) is 5.02 Å². The number of halogens is 1. The zero-order chi connectivity index (χ0) is 25.4. The van der Waals surface area contributed by atoms with Crippen molar-refractivity contribution in [3.8, 4) is 17.2 Å². The monoisotopic (exact) mass is 493 g/mol. The van der Waals surface area contributed by atoms with Crippen LogP contribution in [0.5, 0.6) is 17.2 Å². The zero-order valence-corrected chi connectivity index (χ0v) is 20.4. The summed E-state index contributed by atoms with van der Waals surface area (Å²) >= 11 is 6.21. The Labute approximate surface area is 207 Å². The van der Waals surface area contributed by atoms with Crippen molar-refractivity contribution in [3.05, 3.63) is 87.4 Å². The van der Waals surface area contributed by atoms with Crippen molar-refractivity contribution in [2.24, 2.45) is 0 Å². The van der Waals surface area contributed by atoms with E-state index in [4.69, 9.17) is 21.1 Å². The Hall–Kier alpha value is -3.97. The molecule has 35 heavy (non-hydrogen) atoms. The number of aromatic hydroxyl groups is 1. The van der Waals surface area contributed by atoms with Crippen LogP contribution in [0, 0.1) is 13.8 Å². The number of Topliss-reactive ketones (excluding diaryl/α,β-unsaturated/α-hetero) is 1. The molecule has 0 radical (unpaired) electrons. The van der Waals surface area contributed by atoms with Crippen LogP contribution >= 0.6 is 11.6 Å². The lowest BCUT2D eigenvalue weighted by Crippen LogP contribution is -2.29. The maximum Gasteiger partial charge on any atom is 0.300 e. The molecule has 2 N–H and O–H groups in total. The molecule has 1 aliphatic rings. The van der Waals surface area contributed by atoms with E-state index in [1.165, 1.54) is 43.4 Å². The summed E-state index contributed by atoms with van der Waals surface area (Å²) in [6.07, 6.45) is 0. The summed E-state index contributed by atoms with van der Waals surface area (Å²) in [5.74, 6) is -1.57. The molecule has 1 aliphatic heterocycles. The largest absolute Gasteiger partial charge is 0.508 e. The van der Waals surface area contributed by atoms with Crippen molar-refractivity contribution in [2.45, 2.75) is 19.9 Å². The molecule has 8 heteroatoms. The number of amides is 1. The summed E-state index contributed by atoms with van der Waals surface area (Å²) in [5, 5.41) is 21.5. The molecule has 0 aromatic heterocycles. The molecule has 4 rings (SSSR count). The van der Waals surface area contributed by atoms with Gasteiger partial charge in [-0.05, 0) is 60.9 Å². The van der Waals surface area contributed by atoms with E-state index >= 15 is 0 Å². The Morgan fingerprint density at radius 1 is 0.914 bits per heavy atom. The molecule has 1 unspecified atom stereocenters. The number of rotatable bonds is 5. The van der Waals surface area contributed by atoms with Crippen molar-refractivity contribution < 1.29 is 29.3 Å². The van der Waals surface area contributed by atoms with E-state index in [0.717, 1.165) is 11.1 Å². The fourth-order valence-electron chi connectivity index (χ4n) is 4.35. The molecule has 1 fully saturated rings. The fourth-order valence-corrected chi connectivity index (χ4v) is 4.58. The second kappa shape index (κ2) is 9.35. The lowest BCUT2D eigenvalue weighted by Gasteiger charge is -2.26. The van der Waals surface area contributed by atoms with E-state index in [0.29, 0.717) is 11.3 Å². The molecular weight excluding hydrogens is 470 g/mol. The predicted molar refractivity (Wildman–Crippen MR) is 133 cm³/mol. The first-order chi connectivity index (χ1) is 16.7. The molecular formula is C27H24ClNO6. The highest BCUT2D eigenvalue weighted by Crippen LogP contribution is 2.45. The first kappa shape index (κ1) is 24.2. The van der Waals surface area contributed by atoms with Crippen molar-refractivity contribution in [1.82, 2.24) is 0 Å². The summed E-state index contributed by atoms with van der Waals surface area (Å²) in [6.45, 7) is 3.79. The molecule has 0 aliphatic carbocycles. The lowest BCUT2D eigenvalue weighted by molar-refractivity contribution is -0.132. The Morgan fingerprint density at radius 3 is 2.09 bits per heavy atom. The van der Waals surface area contributed by atoms with Gasteiger partial charge in [-0.15, -0.1) is 0 Å². The first-order valence-electron chi connectivity index (χ1n) is 10.8. The van der Waals surface area contributed by atoms with Gasteiger partial charge in [-0.2, -0.15) is 0 Å². The molecule has 1 atom stereocenters. The van der Waals surface area contributed by atoms with Crippen molar-refractivity contribution in [2.75, 3.05) is 19.1 Å². The standard InChI is InChI=1S/C27H24ClNO6/c1-14-9-15(2)11-17(10-14)29-24(16-5-7-18(30)8-6-16)23(26(32)27(29)33)25(31)19-12-22(35-4)20(28)13-21(19)34-3/h5-13,24,30-31H,1-4H3/b25-23+. The number of benzene rings is 3. The minimum Gasteiger partial charge on any atom is -0.508 e. The molecule has 0 bridgehead atoms. The van der Waals surface area contributed by atoms with Crippen LogP contribution in [-0.4, -0.2) is 36.1 Å². The maximum atomic E-state index is 13.4.